The molecule has 0 radical (unpaired) electrons. The lowest BCUT2D eigenvalue weighted by molar-refractivity contribution is 0.505. The molecule has 2 unspecified atom stereocenters. The van der Waals surface area contributed by atoms with E-state index in [2.05, 4.69) is 4.72 Å². The molecule has 0 saturated carbocycles. The largest absolute Gasteiger partial charge is 0.228 e. The highest BCUT2D eigenvalue weighted by atomic mass is 32.2. The predicted molar refractivity (Wildman–Crippen MR) is 69.3 cm³/mol. The summed E-state index contributed by atoms with van der Waals surface area (Å²) in [6.07, 6.45) is 2.74. The number of nitrogens with zero attached hydrogens (tertiary/aromatic N) is 1. The van der Waals surface area contributed by atoms with Crippen molar-refractivity contribution >= 4 is 10.0 Å². The summed E-state index contributed by atoms with van der Waals surface area (Å²) in [4.78, 5) is 0. The third-order valence-electron chi connectivity index (χ3n) is 3.32. The summed E-state index contributed by atoms with van der Waals surface area (Å²) >= 11 is 0. The number of fused-ring (bicyclic) bond motifs is 1. The van der Waals surface area contributed by atoms with Gasteiger partial charge in [0.25, 0.3) is 0 Å². The van der Waals surface area contributed by atoms with Gasteiger partial charge in [-0.15, -0.1) is 0 Å². The van der Waals surface area contributed by atoms with Gasteiger partial charge in [-0.25, -0.2) is 13.1 Å². The topological polar surface area (TPSA) is 70.0 Å². The number of benzene rings is 1. The third-order valence-corrected chi connectivity index (χ3v) is 4.97. The molecule has 4 nitrogen and oxygen atoms in total. The molecule has 2 atom stereocenters. The summed E-state index contributed by atoms with van der Waals surface area (Å²) in [6.45, 7) is 1.40. The Bertz CT molecular complexity index is 575. The summed E-state index contributed by atoms with van der Waals surface area (Å²) in [5, 5.41) is 7.70. The van der Waals surface area contributed by atoms with Crippen molar-refractivity contribution in [1.29, 1.82) is 5.26 Å². The van der Waals surface area contributed by atoms with Crippen molar-refractivity contribution in [1.82, 2.24) is 4.72 Å². The van der Waals surface area contributed by atoms with Crippen molar-refractivity contribution in [3.63, 3.8) is 0 Å². The fourth-order valence-corrected chi connectivity index (χ4v) is 3.23. The van der Waals surface area contributed by atoms with E-state index in [0.717, 1.165) is 24.8 Å². The van der Waals surface area contributed by atoms with Gasteiger partial charge in [-0.3, -0.25) is 0 Å². The van der Waals surface area contributed by atoms with Gasteiger partial charge in [-0.1, -0.05) is 24.3 Å². The quantitative estimate of drug-likeness (QED) is 0.906. The van der Waals surface area contributed by atoms with Crippen LogP contribution in [-0.2, 0) is 16.4 Å². The molecule has 1 aromatic carbocycles. The Hall–Kier alpha value is -1.38. The Morgan fingerprint density at radius 2 is 2.17 bits per heavy atom. The standard InChI is InChI=1S/C13H16N2O2S/c1-10(9-14)18(16,17)15-13-8-4-6-11-5-2-3-7-12(11)13/h2-3,5,7,10,13,15H,4,6,8H2,1H3. The van der Waals surface area contributed by atoms with Crippen molar-refractivity contribution in [2.75, 3.05) is 0 Å². The van der Waals surface area contributed by atoms with Crippen LogP contribution in [0.4, 0.5) is 0 Å². The second kappa shape index (κ2) is 5.09. The average Bonchev–Trinajstić information content (AvgIpc) is 2.38. The lowest BCUT2D eigenvalue weighted by atomic mass is 9.88. The fraction of sp³-hybridized carbons (Fsp3) is 0.462. The van der Waals surface area contributed by atoms with E-state index in [-0.39, 0.29) is 6.04 Å². The molecule has 0 spiro atoms. The summed E-state index contributed by atoms with van der Waals surface area (Å²) in [6, 6.07) is 9.44. The highest BCUT2D eigenvalue weighted by Crippen LogP contribution is 2.30. The van der Waals surface area contributed by atoms with Crippen LogP contribution >= 0.6 is 0 Å². The van der Waals surface area contributed by atoms with Crippen LogP contribution in [0.3, 0.4) is 0 Å². The number of rotatable bonds is 3. The minimum Gasteiger partial charge on any atom is -0.211 e. The maximum atomic E-state index is 11.9. The molecule has 1 aliphatic carbocycles. The Labute approximate surface area is 108 Å². The molecule has 0 heterocycles. The van der Waals surface area contributed by atoms with Gasteiger partial charge < -0.3 is 0 Å². The molecule has 5 heteroatoms. The van der Waals surface area contributed by atoms with E-state index in [1.807, 2.05) is 24.3 Å². The van der Waals surface area contributed by atoms with Gasteiger partial charge in [0, 0.05) is 6.04 Å². The smallest absolute Gasteiger partial charge is 0.211 e. The third kappa shape index (κ3) is 2.55. The molecule has 96 valence electrons. The van der Waals surface area contributed by atoms with Gasteiger partial charge in [-0.05, 0) is 37.3 Å². The first-order valence-corrected chi connectivity index (χ1v) is 7.58. The van der Waals surface area contributed by atoms with Crippen LogP contribution in [0, 0.1) is 11.3 Å². The maximum Gasteiger partial charge on any atom is 0.228 e. The lowest BCUT2D eigenvalue weighted by Gasteiger charge is -2.26. The van der Waals surface area contributed by atoms with Gasteiger partial charge in [0.2, 0.25) is 10.0 Å². The normalized spacial score (nSPS) is 20.8. The molecule has 0 aliphatic heterocycles. The number of aryl methyl sites for hydroxylation is 1. The summed E-state index contributed by atoms with van der Waals surface area (Å²) in [7, 11) is -3.56. The minimum atomic E-state index is -3.56. The van der Waals surface area contributed by atoms with Crippen molar-refractivity contribution in [2.45, 2.75) is 37.5 Å². The lowest BCUT2D eigenvalue weighted by Crippen LogP contribution is -2.36. The number of hydrogen-bond acceptors (Lipinski definition) is 3. The summed E-state index contributed by atoms with van der Waals surface area (Å²) in [5.74, 6) is 0. The molecule has 0 fully saturated rings. The molecule has 0 amide bonds. The number of hydrogen-bond donors (Lipinski definition) is 1. The summed E-state index contributed by atoms with van der Waals surface area (Å²) in [5.41, 5.74) is 2.23. The molecule has 0 saturated heterocycles. The molecular formula is C13H16N2O2S. The molecule has 0 aromatic heterocycles. The van der Waals surface area contributed by atoms with Crippen molar-refractivity contribution in [2.24, 2.45) is 0 Å². The van der Waals surface area contributed by atoms with Crippen LogP contribution in [0.5, 0.6) is 0 Å². The zero-order valence-corrected chi connectivity index (χ0v) is 11.1. The van der Waals surface area contributed by atoms with Crippen molar-refractivity contribution < 1.29 is 8.42 Å². The van der Waals surface area contributed by atoms with E-state index in [1.54, 1.807) is 6.07 Å². The monoisotopic (exact) mass is 264 g/mol. The molecule has 0 bridgehead atoms. The van der Waals surface area contributed by atoms with Gasteiger partial charge in [0.05, 0.1) is 6.07 Å². The van der Waals surface area contributed by atoms with Crippen LogP contribution in [0.2, 0.25) is 0 Å². The van der Waals surface area contributed by atoms with E-state index in [0.29, 0.717) is 0 Å². The van der Waals surface area contributed by atoms with E-state index in [1.165, 1.54) is 12.5 Å². The Kier molecular flexibility index (Phi) is 3.69. The van der Waals surface area contributed by atoms with Gasteiger partial charge in [0.1, 0.15) is 0 Å². The van der Waals surface area contributed by atoms with Crippen LogP contribution in [0.25, 0.3) is 0 Å². The van der Waals surface area contributed by atoms with Gasteiger partial charge in [-0.2, -0.15) is 5.26 Å². The first-order valence-electron chi connectivity index (χ1n) is 6.03. The molecule has 18 heavy (non-hydrogen) atoms. The highest BCUT2D eigenvalue weighted by Gasteiger charge is 2.27. The summed E-state index contributed by atoms with van der Waals surface area (Å²) < 4.78 is 26.5. The van der Waals surface area contributed by atoms with Crippen molar-refractivity contribution in [3.8, 4) is 6.07 Å². The van der Waals surface area contributed by atoms with E-state index < -0.39 is 15.3 Å². The second-order valence-corrected chi connectivity index (χ2v) is 6.61. The number of nitriles is 1. The fourth-order valence-electron chi connectivity index (χ4n) is 2.25. The van der Waals surface area contributed by atoms with Crippen LogP contribution in [0.15, 0.2) is 24.3 Å². The zero-order valence-electron chi connectivity index (χ0n) is 10.3. The minimum absolute atomic E-state index is 0.198. The van der Waals surface area contributed by atoms with E-state index in [9.17, 15) is 8.42 Å². The average molecular weight is 264 g/mol. The van der Waals surface area contributed by atoms with Gasteiger partial charge >= 0.3 is 0 Å². The Balaban J connectivity index is 2.25. The molecule has 1 aliphatic rings. The SMILES string of the molecule is CC(C#N)S(=O)(=O)NC1CCCc2ccccc21. The Morgan fingerprint density at radius 3 is 2.89 bits per heavy atom. The van der Waals surface area contributed by atoms with Crippen LogP contribution < -0.4 is 4.72 Å². The van der Waals surface area contributed by atoms with E-state index in [4.69, 9.17) is 5.26 Å². The molecule has 1 N–H and O–H groups in total. The van der Waals surface area contributed by atoms with Crippen LogP contribution in [-0.4, -0.2) is 13.7 Å². The predicted octanol–water partition coefficient (Wildman–Crippen LogP) is 1.90. The first kappa shape index (κ1) is 13.1. The molecule has 2 rings (SSSR count). The first-order chi connectivity index (χ1) is 8.54. The number of sulfonamides is 1. The zero-order chi connectivity index (χ0) is 13.2. The highest BCUT2D eigenvalue weighted by molar-refractivity contribution is 7.90. The Morgan fingerprint density at radius 1 is 1.44 bits per heavy atom. The maximum absolute atomic E-state index is 11.9. The van der Waals surface area contributed by atoms with Crippen molar-refractivity contribution in [3.05, 3.63) is 35.4 Å². The molecular weight excluding hydrogens is 248 g/mol. The number of nitrogens with one attached hydrogen (secondary N) is 1. The second-order valence-electron chi connectivity index (χ2n) is 4.58. The van der Waals surface area contributed by atoms with Gasteiger partial charge in [0.15, 0.2) is 5.25 Å². The molecule has 1 aromatic rings. The van der Waals surface area contributed by atoms with Crippen LogP contribution in [0.1, 0.15) is 36.9 Å². The van der Waals surface area contributed by atoms with E-state index >= 15 is 0 Å².